The maximum Gasteiger partial charge on any atom is 0.277 e. The topological polar surface area (TPSA) is 56.0 Å². The maximum atomic E-state index is 12.4. The third kappa shape index (κ3) is 4.06. The van der Waals surface area contributed by atoms with Crippen molar-refractivity contribution in [1.29, 1.82) is 0 Å². The van der Waals surface area contributed by atoms with Crippen LogP contribution in [-0.2, 0) is 0 Å². The maximum absolute atomic E-state index is 12.4. The zero-order valence-electron chi connectivity index (χ0n) is 12.6. The standard InChI is InChI=1S/C17H12BrClN2O2S/c1-10(15(22)11-5-7-14(19)8-6-11)24-17-21-20-16(23-17)12-3-2-4-13(18)9-12/h2-10H,1H3/t10-/m1/s1. The molecule has 7 heteroatoms. The van der Waals surface area contributed by atoms with Crippen LogP contribution in [-0.4, -0.2) is 21.2 Å². The van der Waals surface area contributed by atoms with Crippen LogP contribution in [0.15, 0.2) is 62.6 Å². The third-order valence-corrected chi connectivity index (χ3v) is 4.93. The minimum atomic E-state index is -0.345. The quantitative estimate of drug-likeness (QED) is 0.400. The predicted molar refractivity (Wildman–Crippen MR) is 98.5 cm³/mol. The Morgan fingerprint density at radius 1 is 1.21 bits per heavy atom. The Bertz CT molecular complexity index is 867. The van der Waals surface area contributed by atoms with Crippen LogP contribution in [0.5, 0.6) is 0 Å². The van der Waals surface area contributed by atoms with E-state index in [0.29, 0.717) is 21.7 Å². The molecule has 122 valence electrons. The molecule has 0 saturated carbocycles. The van der Waals surface area contributed by atoms with Gasteiger partial charge >= 0.3 is 0 Å². The molecular formula is C17H12BrClN2O2S. The summed E-state index contributed by atoms with van der Waals surface area (Å²) in [5, 5.41) is 8.66. The van der Waals surface area contributed by atoms with E-state index < -0.39 is 0 Å². The second-order valence-electron chi connectivity index (χ2n) is 5.01. The normalized spacial score (nSPS) is 12.1. The molecule has 0 unspecified atom stereocenters. The zero-order chi connectivity index (χ0) is 17.1. The lowest BCUT2D eigenvalue weighted by Gasteiger charge is -2.07. The zero-order valence-corrected chi connectivity index (χ0v) is 15.7. The summed E-state index contributed by atoms with van der Waals surface area (Å²) >= 11 is 10.5. The number of benzene rings is 2. The van der Waals surface area contributed by atoms with E-state index >= 15 is 0 Å². The molecule has 0 bridgehead atoms. The second-order valence-corrected chi connectivity index (χ2v) is 7.66. The highest BCUT2D eigenvalue weighted by atomic mass is 79.9. The fourth-order valence-corrected chi connectivity index (χ4v) is 3.33. The van der Waals surface area contributed by atoms with Gasteiger partial charge in [0.2, 0.25) is 5.89 Å². The molecule has 0 amide bonds. The largest absolute Gasteiger partial charge is 0.411 e. The van der Waals surface area contributed by atoms with Gasteiger partial charge in [-0.2, -0.15) is 0 Å². The molecule has 0 spiro atoms. The average Bonchev–Trinajstić information content (AvgIpc) is 3.03. The Morgan fingerprint density at radius 2 is 1.96 bits per heavy atom. The van der Waals surface area contributed by atoms with Crippen molar-refractivity contribution >= 4 is 45.1 Å². The summed E-state index contributed by atoms with van der Waals surface area (Å²) in [6, 6.07) is 14.4. The summed E-state index contributed by atoms with van der Waals surface area (Å²) in [5.41, 5.74) is 1.42. The van der Waals surface area contributed by atoms with E-state index in [-0.39, 0.29) is 11.0 Å². The Kier molecular flexibility index (Phi) is 5.38. The number of carbonyl (C=O) groups excluding carboxylic acids is 1. The van der Waals surface area contributed by atoms with Crippen molar-refractivity contribution in [2.75, 3.05) is 0 Å². The van der Waals surface area contributed by atoms with Gasteiger partial charge in [-0.05, 0) is 49.4 Å². The van der Waals surface area contributed by atoms with Crippen LogP contribution in [0.25, 0.3) is 11.5 Å². The molecule has 0 fully saturated rings. The average molecular weight is 424 g/mol. The number of carbonyl (C=O) groups is 1. The van der Waals surface area contributed by atoms with Crippen LogP contribution in [0.4, 0.5) is 0 Å². The van der Waals surface area contributed by atoms with E-state index in [1.54, 1.807) is 24.3 Å². The van der Waals surface area contributed by atoms with Crippen molar-refractivity contribution in [3.63, 3.8) is 0 Å². The first-order valence-electron chi connectivity index (χ1n) is 7.09. The molecule has 2 aromatic carbocycles. The van der Waals surface area contributed by atoms with Gasteiger partial charge in [-0.1, -0.05) is 45.4 Å². The molecule has 1 heterocycles. The molecule has 1 atom stereocenters. The van der Waals surface area contributed by atoms with Gasteiger partial charge in [0.05, 0.1) is 5.25 Å². The molecule has 0 radical (unpaired) electrons. The Balaban J connectivity index is 1.72. The monoisotopic (exact) mass is 422 g/mol. The van der Waals surface area contributed by atoms with Crippen molar-refractivity contribution in [2.45, 2.75) is 17.4 Å². The predicted octanol–water partition coefficient (Wildman–Crippen LogP) is 5.52. The van der Waals surface area contributed by atoms with E-state index in [4.69, 9.17) is 16.0 Å². The third-order valence-electron chi connectivity index (χ3n) is 3.25. The van der Waals surface area contributed by atoms with Gasteiger partial charge in [0.15, 0.2) is 5.78 Å². The van der Waals surface area contributed by atoms with Crippen molar-refractivity contribution < 1.29 is 9.21 Å². The van der Waals surface area contributed by atoms with Gasteiger partial charge < -0.3 is 4.42 Å². The molecule has 3 rings (SSSR count). The van der Waals surface area contributed by atoms with Crippen LogP contribution in [0.3, 0.4) is 0 Å². The summed E-state index contributed by atoms with van der Waals surface area (Å²) < 4.78 is 6.58. The first-order chi connectivity index (χ1) is 11.5. The van der Waals surface area contributed by atoms with Gasteiger partial charge in [-0.15, -0.1) is 10.2 Å². The van der Waals surface area contributed by atoms with Crippen LogP contribution in [0.1, 0.15) is 17.3 Å². The van der Waals surface area contributed by atoms with E-state index in [2.05, 4.69) is 26.1 Å². The summed E-state index contributed by atoms with van der Waals surface area (Å²) in [5.74, 6) is 0.406. The minimum absolute atomic E-state index is 0.0149. The summed E-state index contributed by atoms with van der Waals surface area (Å²) in [7, 11) is 0. The number of Topliss-reactive ketones (excluding diaryl/α,β-unsaturated/α-hetero) is 1. The number of hydrogen-bond donors (Lipinski definition) is 0. The van der Waals surface area contributed by atoms with Crippen LogP contribution in [0.2, 0.25) is 5.02 Å². The molecule has 3 aromatic rings. The SMILES string of the molecule is C[C@@H](Sc1nnc(-c2cccc(Br)c2)o1)C(=O)c1ccc(Cl)cc1. The first-order valence-corrected chi connectivity index (χ1v) is 9.14. The summed E-state index contributed by atoms with van der Waals surface area (Å²) in [6.07, 6.45) is 0. The molecule has 0 aliphatic heterocycles. The highest BCUT2D eigenvalue weighted by Gasteiger charge is 2.20. The van der Waals surface area contributed by atoms with Crippen molar-refractivity contribution in [2.24, 2.45) is 0 Å². The Labute approximate surface area is 156 Å². The molecule has 24 heavy (non-hydrogen) atoms. The van der Waals surface area contributed by atoms with E-state index in [1.807, 2.05) is 31.2 Å². The number of rotatable bonds is 5. The molecular weight excluding hydrogens is 412 g/mol. The van der Waals surface area contributed by atoms with Gasteiger partial charge in [0.25, 0.3) is 5.22 Å². The van der Waals surface area contributed by atoms with Crippen molar-refractivity contribution in [3.8, 4) is 11.5 Å². The van der Waals surface area contributed by atoms with Gasteiger partial charge in [0.1, 0.15) is 0 Å². The highest BCUT2D eigenvalue weighted by Crippen LogP contribution is 2.28. The lowest BCUT2D eigenvalue weighted by molar-refractivity contribution is 0.0993. The number of halogens is 2. The van der Waals surface area contributed by atoms with Gasteiger partial charge in [-0.3, -0.25) is 4.79 Å². The molecule has 0 aliphatic carbocycles. The highest BCUT2D eigenvalue weighted by molar-refractivity contribution is 9.10. The van der Waals surface area contributed by atoms with Crippen LogP contribution < -0.4 is 0 Å². The molecule has 1 aromatic heterocycles. The lowest BCUT2D eigenvalue weighted by atomic mass is 10.1. The molecule has 0 N–H and O–H groups in total. The van der Waals surface area contributed by atoms with Gasteiger partial charge in [-0.25, -0.2) is 0 Å². The molecule has 0 saturated heterocycles. The van der Waals surface area contributed by atoms with Gasteiger partial charge in [0, 0.05) is 20.6 Å². The smallest absolute Gasteiger partial charge is 0.277 e. The number of hydrogen-bond acceptors (Lipinski definition) is 5. The van der Waals surface area contributed by atoms with E-state index in [9.17, 15) is 4.79 Å². The number of nitrogens with zero attached hydrogens (tertiary/aromatic N) is 2. The lowest BCUT2D eigenvalue weighted by Crippen LogP contribution is -2.13. The number of thioether (sulfide) groups is 1. The van der Waals surface area contributed by atoms with Crippen LogP contribution >= 0.6 is 39.3 Å². The van der Waals surface area contributed by atoms with Crippen molar-refractivity contribution in [1.82, 2.24) is 10.2 Å². The van der Waals surface area contributed by atoms with E-state index in [0.717, 1.165) is 10.0 Å². The van der Waals surface area contributed by atoms with Crippen LogP contribution in [0, 0.1) is 0 Å². The fraction of sp³-hybridized carbons (Fsp3) is 0.118. The van der Waals surface area contributed by atoms with E-state index in [1.165, 1.54) is 11.8 Å². The molecule has 4 nitrogen and oxygen atoms in total. The minimum Gasteiger partial charge on any atom is -0.411 e. The number of aromatic nitrogens is 2. The Hall–Kier alpha value is -1.63. The second kappa shape index (κ2) is 7.51. The van der Waals surface area contributed by atoms with Crippen molar-refractivity contribution in [3.05, 3.63) is 63.6 Å². The Morgan fingerprint density at radius 3 is 2.67 bits per heavy atom. The molecule has 0 aliphatic rings. The fourth-order valence-electron chi connectivity index (χ4n) is 2.05. The first kappa shape index (κ1) is 17.2. The summed E-state index contributed by atoms with van der Waals surface area (Å²) in [6.45, 7) is 1.81. The number of ketones is 1. The summed E-state index contributed by atoms with van der Waals surface area (Å²) in [4.78, 5) is 12.4.